The van der Waals surface area contributed by atoms with Crippen molar-refractivity contribution >= 4 is 44.3 Å². The molecule has 1 aliphatic rings. The molecule has 34 heavy (non-hydrogen) atoms. The SMILES string of the molecule is Cc1c(C(=O)NCCCO)c2ccc(Oc3ccnc4cc(C(=O)N5CCC5)sc34)cc2n1C. The monoisotopic (exact) mass is 478 g/mol. The van der Waals surface area contributed by atoms with E-state index in [-0.39, 0.29) is 18.4 Å². The number of aromatic nitrogens is 2. The number of likely N-dealkylation sites (tertiary alicyclic amines) is 1. The molecule has 1 saturated heterocycles. The predicted octanol–water partition coefficient (Wildman–Crippen LogP) is 3.85. The normalized spacial score (nSPS) is 13.3. The van der Waals surface area contributed by atoms with Crippen LogP contribution in [0.2, 0.25) is 0 Å². The molecule has 0 saturated carbocycles. The van der Waals surface area contributed by atoms with Crippen LogP contribution in [0.15, 0.2) is 36.5 Å². The zero-order valence-corrected chi connectivity index (χ0v) is 19.9. The molecular weight excluding hydrogens is 452 g/mol. The minimum absolute atomic E-state index is 0.0376. The maximum Gasteiger partial charge on any atom is 0.264 e. The quantitative estimate of drug-likeness (QED) is 0.394. The Labute approximate surface area is 200 Å². The molecule has 1 fully saturated rings. The van der Waals surface area contributed by atoms with Crippen molar-refractivity contribution in [3.63, 3.8) is 0 Å². The zero-order valence-electron chi connectivity index (χ0n) is 19.1. The largest absolute Gasteiger partial charge is 0.456 e. The van der Waals surface area contributed by atoms with Crippen molar-refractivity contribution in [1.82, 2.24) is 19.8 Å². The number of fused-ring (bicyclic) bond motifs is 2. The summed E-state index contributed by atoms with van der Waals surface area (Å²) < 4.78 is 9.05. The van der Waals surface area contributed by atoms with E-state index < -0.39 is 0 Å². The van der Waals surface area contributed by atoms with Crippen LogP contribution in [-0.2, 0) is 7.05 Å². The van der Waals surface area contributed by atoms with Crippen LogP contribution in [0, 0.1) is 6.92 Å². The number of aliphatic hydroxyl groups excluding tert-OH is 1. The lowest BCUT2D eigenvalue weighted by Gasteiger charge is -2.30. The number of nitrogens with one attached hydrogen (secondary N) is 1. The van der Waals surface area contributed by atoms with Gasteiger partial charge in [0, 0.05) is 62.7 Å². The number of carbonyl (C=O) groups excluding carboxylic acids is 2. The average molecular weight is 479 g/mol. The Morgan fingerprint density at radius 1 is 1.24 bits per heavy atom. The van der Waals surface area contributed by atoms with Crippen molar-refractivity contribution in [3.05, 3.63) is 52.7 Å². The number of hydrogen-bond acceptors (Lipinski definition) is 6. The third-order valence-corrected chi connectivity index (χ3v) is 7.40. The summed E-state index contributed by atoms with van der Waals surface area (Å²) in [6.45, 7) is 3.99. The molecule has 176 valence electrons. The Morgan fingerprint density at radius 3 is 2.79 bits per heavy atom. The summed E-state index contributed by atoms with van der Waals surface area (Å²) in [4.78, 5) is 32.3. The first-order chi connectivity index (χ1) is 16.5. The van der Waals surface area contributed by atoms with Crippen LogP contribution in [0.4, 0.5) is 0 Å². The number of pyridine rings is 1. The van der Waals surface area contributed by atoms with Gasteiger partial charge in [0.05, 0.1) is 26.2 Å². The van der Waals surface area contributed by atoms with Gasteiger partial charge in [-0.3, -0.25) is 14.6 Å². The molecule has 3 aromatic heterocycles. The van der Waals surface area contributed by atoms with Gasteiger partial charge < -0.3 is 24.6 Å². The number of aliphatic hydroxyl groups is 1. The van der Waals surface area contributed by atoms with Crippen molar-refractivity contribution < 1.29 is 19.4 Å². The fraction of sp³-hybridized carbons (Fsp3) is 0.320. The standard InChI is InChI=1S/C25H26N4O4S/c1-15-22(24(31)27-8-3-12-30)17-6-5-16(13-19(17)28(15)2)33-20-7-9-26-18-14-21(34-23(18)20)25(32)29-10-4-11-29/h5-7,9,13-14,30H,3-4,8,10-12H2,1-2H3,(H,27,31). The van der Waals surface area contributed by atoms with E-state index >= 15 is 0 Å². The Bertz CT molecular complexity index is 1400. The zero-order chi connectivity index (χ0) is 23.8. The lowest BCUT2D eigenvalue weighted by Crippen LogP contribution is -2.41. The molecule has 1 aromatic carbocycles. The summed E-state index contributed by atoms with van der Waals surface area (Å²) in [6.07, 6.45) is 3.25. The molecule has 9 heteroatoms. The van der Waals surface area contributed by atoms with E-state index in [0.717, 1.165) is 46.3 Å². The van der Waals surface area contributed by atoms with E-state index in [4.69, 9.17) is 9.84 Å². The van der Waals surface area contributed by atoms with Crippen LogP contribution in [0.25, 0.3) is 21.1 Å². The minimum Gasteiger partial charge on any atom is -0.456 e. The molecule has 0 unspecified atom stereocenters. The van der Waals surface area contributed by atoms with Gasteiger partial charge in [-0.25, -0.2) is 0 Å². The van der Waals surface area contributed by atoms with Crippen molar-refractivity contribution in [2.24, 2.45) is 7.05 Å². The summed E-state index contributed by atoms with van der Waals surface area (Å²) in [6, 6.07) is 9.29. The van der Waals surface area contributed by atoms with Crippen LogP contribution in [-0.4, -0.2) is 57.6 Å². The van der Waals surface area contributed by atoms with Crippen molar-refractivity contribution in [2.45, 2.75) is 19.8 Å². The fourth-order valence-corrected chi connectivity index (χ4v) is 5.20. The molecule has 4 aromatic rings. The second-order valence-electron chi connectivity index (χ2n) is 8.41. The lowest BCUT2D eigenvalue weighted by molar-refractivity contribution is 0.0657. The fourth-order valence-electron chi connectivity index (χ4n) is 4.17. The summed E-state index contributed by atoms with van der Waals surface area (Å²) in [5.74, 6) is 1.17. The molecule has 8 nitrogen and oxygen atoms in total. The lowest BCUT2D eigenvalue weighted by atomic mass is 10.1. The Kier molecular flexibility index (Phi) is 5.97. The number of hydrogen-bond donors (Lipinski definition) is 2. The van der Waals surface area contributed by atoms with Gasteiger partial charge in [-0.1, -0.05) is 0 Å². The van der Waals surface area contributed by atoms with Crippen LogP contribution in [0.1, 0.15) is 38.6 Å². The molecule has 5 rings (SSSR count). The summed E-state index contributed by atoms with van der Waals surface area (Å²) in [7, 11) is 1.92. The molecule has 0 bridgehead atoms. The van der Waals surface area contributed by atoms with E-state index in [0.29, 0.717) is 34.9 Å². The molecule has 0 spiro atoms. The third kappa shape index (κ3) is 3.91. The molecule has 0 radical (unpaired) electrons. The van der Waals surface area contributed by atoms with Crippen LogP contribution in [0.5, 0.6) is 11.5 Å². The molecule has 0 atom stereocenters. The second kappa shape index (κ2) is 9.08. The Balaban J connectivity index is 1.45. The van der Waals surface area contributed by atoms with Gasteiger partial charge >= 0.3 is 0 Å². The first-order valence-corrected chi connectivity index (χ1v) is 12.1. The minimum atomic E-state index is -0.154. The third-order valence-electron chi connectivity index (χ3n) is 6.27. The van der Waals surface area contributed by atoms with Gasteiger partial charge in [-0.15, -0.1) is 11.3 Å². The van der Waals surface area contributed by atoms with Crippen LogP contribution >= 0.6 is 11.3 Å². The van der Waals surface area contributed by atoms with E-state index in [2.05, 4.69) is 10.3 Å². The number of thiophene rings is 1. The summed E-state index contributed by atoms with van der Waals surface area (Å²) >= 11 is 1.40. The van der Waals surface area contributed by atoms with E-state index in [1.165, 1.54) is 11.3 Å². The van der Waals surface area contributed by atoms with E-state index in [9.17, 15) is 9.59 Å². The van der Waals surface area contributed by atoms with Gasteiger partial charge in [-0.2, -0.15) is 0 Å². The van der Waals surface area contributed by atoms with E-state index in [1.807, 2.05) is 47.7 Å². The smallest absolute Gasteiger partial charge is 0.264 e. The first kappa shape index (κ1) is 22.4. The van der Waals surface area contributed by atoms with Gasteiger partial charge in [0.1, 0.15) is 11.5 Å². The number of amides is 2. The van der Waals surface area contributed by atoms with Gasteiger partial charge in [0.25, 0.3) is 11.8 Å². The number of nitrogens with zero attached hydrogens (tertiary/aromatic N) is 3. The van der Waals surface area contributed by atoms with Gasteiger partial charge in [0.15, 0.2) is 0 Å². The Morgan fingerprint density at radius 2 is 2.06 bits per heavy atom. The van der Waals surface area contributed by atoms with Crippen molar-refractivity contribution in [1.29, 1.82) is 0 Å². The van der Waals surface area contributed by atoms with Gasteiger partial charge in [-0.05, 0) is 38.0 Å². The number of ether oxygens (including phenoxy) is 1. The second-order valence-corrected chi connectivity index (χ2v) is 9.47. The molecule has 4 heterocycles. The maximum atomic E-state index is 12.7. The molecule has 1 aliphatic heterocycles. The first-order valence-electron chi connectivity index (χ1n) is 11.3. The highest BCUT2D eigenvalue weighted by molar-refractivity contribution is 7.21. The summed E-state index contributed by atoms with van der Waals surface area (Å²) in [5.41, 5.74) is 3.10. The number of carbonyl (C=O) groups is 2. The average Bonchev–Trinajstić information content (AvgIpc) is 3.33. The summed E-state index contributed by atoms with van der Waals surface area (Å²) in [5, 5.41) is 12.7. The highest BCUT2D eigenvalue weighted by atomic mass is 32.1. The highest BCUT2D eigenvalue weighted by Gasteiger charge is 2.24. The molecule has 0 aliphatic carbocycles. The predicted molar refractivity (Wildman–Crippen MR) is 132 cm³/mol. The molecular formula is C25H26N4O4S. The molecule has 2 N–H and O–H groups in total. The number of benzene rings is 1. The van der Waals surface area contributed by atoms with Crippen LogP contribution in [0.3, 0.4) is 0 Å². The van der Waals surface area contributed by atoms with Crippen molar-refractivity contribution in [2.75, 3.05) is 26.2 Å². The maximum absolute atomic E-state index is 12.7. The Hall–Kier alpha value is -3.43. The van der Waals surface area contributed by atoms with Crippen molar-refractivity contribution in [3.8, 4) is 11.5 Å². The van der Waals surface area contributed by atoms with Gasteiger partial charge in [0.2, 0.25) is 0 Å². The topological polar surface area (TPSA) is 96.7 Å². The van der Waals surface area contributed by atoms with Crippen LogP contribution < -0.4 is 10.1 Å². The van der Waals surface area contributed by atoms with E-state index in [1.54, 1.807) is 12.3 Å². The number of aryl methyl sites for hydroxylation is 1. The number of rotatable bonds is 7. The highest BCUT2D eigenvalue weighted by Crippen LogP contribution is 2.37. The molecule has 2 amide bonds.